The molecule has 0 atom stereocenters. The first-order valence-corrected chi connectivity index (χ1v) is 9.58. The molecule has 0 unspecified atom stereocenters. The highest BCUT2D eigenvalue weighted by molar-refractivity contribution is 9.10. The lowest BCUT2D eigenvalue weighted by Crippen LogP contribution is -2.14. The van der Waals surface area contributed by atoms with Crippen molar-refractivity contribution < 1.29 is 13.2 Å². The molecule has 7 heteroatoms. The summed E-state index contributed by atoms with van der Waals surface area (Å²) in [5.41, 5.74) is 0.738. The van der Waals surface area contributed by atoms with E-state index in [1.807, 2.05) is 0 Å². The van der Waals surface area contributed by atoms with Crippen LogP contribution in [0.15, 0.2) is 45.9 Å². The van der Waals surface area contributed by atoms with Crippen molar-refractivity contribution in [1.82, 2.24) is 4.98 Å². The smallest absolute Gasteiger partial charge is 0.263 e. The minimum Gasteiger partial charge on any atom is -0.494 e. The van der Waals surface area contributed by atoms with E-state index in [0.29, 0.717) is 18.2 Å². The number of aromatic nitrogens is 1. The van der Waals surface area contributed by atoms with Crippen LogP contribution in [0, 0.1) is 6.92 Å². The van der Waals surface area contributed by atoms with Gasteiger partial charge in [0.1, 0.15) is 11.6 Å². The number of nitrogens with one attached hydrogen (secondary N) is 1. The molecule has 0 aliphatic carbocycles. The lowest BCUT2D eigenvalue weighted by molar-refractivity contribution is 0.309. The van der Waals surface area contributed by atoms with Gasteiger partial charge in [-0.3, -0.25) is 4.72 Å². The fourth-order valence-electron chi connectivity index (χ4n) is 1.88. The average molecular weight is 399 g/mol. The molecule has 0 bridgehead atoms. The third-order valence-electron chi connectivity index (χ3n) is 3.18. The maximum Gasteiger partial charge on any atom is 0.263 e. The largest absolute Gasteiger partial charge is 0.494 e. The summed E-state index contributed by atoms with van der Waals surface area (Å²) in [6.07, 6.45) is 3.57. The van der Waals surface area contributed by atoms with Crippen LogP contribution in [0.25, 0.3) is 0 Å². The van der Waals surface area contributed by atoms with E-state index in [0.717, 1.165) is 22.9 Å². The third kappa shape index (κ3) is 4.94. The van der Waals surface area contributed by atoms with Crippen molar-refractivity contribution in [2.75, 3.05) is 11.3 Å². The minimum absolute atomic E-state index is 0.171. The van der Waals surface area contributed by atoms with Gasteiger partial charge in [-0.2, -0.15) is 0 Å². The fourth-order valence-corrected chi connectivity index (χ4v) is 3.41. The van der Waals surface area contributed by atoms with Crippen LogP contribution in [0.2, 0.25) is 0 Å². The van der Waals surface area contributed by atoms with E-state index in [1.165, 1.54) is 12.1 Å². The van der Waals surface area contributed by atoms with Crippen molar-refractivity contribution in [1.29, 1.82) is 0 Å². The second-order valence-electron chi connectivity index (χ2n) is 5.10. The number of anilines is 1. The molecule has 23 heavy (non-hydrogen) atoms. The number of hydrogen-bond donors (Lipinski definition) is 1. The molecule has 0 amide bonds. The molecule has 0 aliphatic rings. The maximum atomic E-state index is 12.4. The average Bonchev–Trinajstić information content (AvgIpc) is 2.51. The van der Waals surface area contributed by atoms with Crippen molar-refractivity contribution >= 4 is 31.8 Å². The number of rotatable bonds is 7. The molecule has 1 heterocycles. The Morgan fingerprint density at radius 2 is 1.96 bits per heavy atom. The molecule has 0 aliphatic heterocycles. The number of sulfonamides is 1. The van der Waals surface area contributed by atoms with Crippen LogP contribution in [0.3, 0.4) is 0 Å². The summed E-state index contributed by atoms with van der Waals surface area (Å²) < 4.78 is 33.6. The molecule has 124 valence electrons. The van der Waals surface area contributed by atoms with Gasteiger partial charge in [0, 0.05) is 10.7 Å². The predicted molar refractivity (Wildman–Crippen MR) is 94.3 cm³/mol. The SMILES string of the molecule is CCCCOc1ccc(S(=O)(=O)Nc2ncc(Br)cc2C)cc1. The Hall–Kier alpha value is -1.60. The lowest BCUT2D eigenvalue weighted by Gasteiger charge is -2.11. The second kappa shape index (κ2) is 7.79. The monoisotopic (exact) mass is 398 g/mol. The van der Waals surface area contributed by atoms with Gasteiger partial charge in [0.2, 0.25) is 0 Å². The summed E-state index contributed by atoms with van der Waals surface area (Å²) in [7, 11) is -3.67. The standard InChI is InChI=1S/C16H19BrN2O3S/c1-3-4-9-22-14-5-7-15(8-6-14)23(20,21)19-16-12(2)10-13(17)11-18-16/h5-8,10-11H,3-4,9H2,1-2H3,(H,18,19). The first-order valence-electron chi connectivity index (χ1n) is 7.30. The van der Waals surface area contributed by atoms with Crippen LogP contribution >= 0.6 is 15.9 Å². The van der Waals surface area contributed by atoms with Crippen molar-refractivity contribution in [2.24, 2.45) is 0 Å². The Morgan fingerprint density at radius 3 is 2.57 bits per heavy atom. The van der Waals surface area contributed by atoms with Gasteiger partial charge in [-0.25, -0.2) is 13.4 Å². The van der Waals surface area contributed by atoms with Crippen LogP contribution in [-0.2, 0) is 10.0 Å². The highest BCUT2D eigenvalue weighted by Crippen LogP contribution is 2.22. The number of unbranched alkanes of at least 4 members (excludes halogenated alkanes) is 1. The third-order valence-corrected chi connectivity index (χ3v) is 4.97. The molecule has 0 spiro atoms. The molecule has 5 nitrogen and oxygen atoms in total. The Kier molecular flexibility index (Phi) is 6.01. The summed E-state index contributed by atoms with van der Waals surface area (Å²) in [5.74, 6) is 0.979. The van der Waals surface area contributed by atoms with Crippen LogP contribution in [-0.4, -0.2) is 20.0 Å². The zero-order valence-corrected chi connectivity index (χ0v) is 15.4. The highest BCUT2D eigenvalue weighted by atomic mass is 79.9. The number of pyridine rings is 1. The molecule has 0 fully saturated rings. The van der Waals surface area contributed by atoms with Crippen molar-refractivity contribution in [3.8, 4) is 5.75 Å². The van der Waals surface area contributed by atoms with Crippen molar-refractivity contribution in [3.05, 3.63) is 46.6 Å². The van der Waals surface area contributed by atoms with Gasteiger partial charge in [-0.15, -0.1) is 0 Å². The summed E-state index contributed by atoms with van der Waals surface area (Å²) >= 11 is 3.30. The quantitative estimate of drug-likeness (QED) is 0.711. The van der Waals surface area contributed by atoms with Crippen LogP contribution < -0.4 is 9.46 Å². The van der Waals surface area contributed by atoms with E-state index >= 15 is 0 Å². The highest BCUT2D eigenvalue weighted by Gasteiger charge is 2.16. The first-order chi connectivity index (χ1) is 10.9. The summed E-state index contributed by atoms with van der Waals surface area (Å²) in [4.78, 5) is 4.26. The molecule has 0 saturated heterocycles. The number of benzene rings is 1. The number of hydrogen-bond acceptors (Lipinski definition) is 4. The van der Waals surface area contributed by atoms with E-state index in [1.54, 1.807) is 31.3 Å². The molecule has 2 aromatic rings. The zero-order chi connectivity index (χ0) is 16.9. The van der Waals surface area contributed by atoms with E-state index in [2.05, 4.69) is 32.6 Å². The van der Waals surface area contributed by atoms with E-state index in [-0.39, 0.29) is 4.90 Å². The van der Waals surface area contributed by atoms with Crippen molar-refractivity contribution in [3.63, 3.8) is 0 Å². The summed E-state index contributed by atoms with van der Waals surface area (Å²) in [5, 5.41) is 0. The van der Waals surface area contributed by atoms with Gasteiger partial charge in [0.05, 0.1) is 11.5 Å². The van der Waals surface area contributed by atoms with Gasteiger partial charge in [0.25, 0.3) is 10.0 Å². The van der Waals surface area contributed by atoms with Gasteiger partial charge < -0.3 is 4.74 Å². The molecule has 0 radical (unpaired) electrons. The Morgan fingerprint density at radius 1 is 1.26 bits per heavy atom. The topological polar surface area (TPSA) is 68.3 Å². The van der Waals surface area contributed by atoms with Crippen LogP contribution in [0.4, 0.5) is 5.82 Å². The van der Waals surface area contributed by atoms with Crippen LogP contribution in [0.1, 0.15) is 25.3 Å². The Balaban J connectivity index is 2.13. The molecular formula is C16H19BrN2O3S. The van der Waals surface area contributed by atoms with E-state index in [4.69, 9.17) is 4.74 Å². The fraction of sp³-hybridized carbons (Fsp3) is 0.312. The molecular weight excluding hydrogens is 380 g/mol. The van der Waals surface area contributed by atoms with Gasteiger partial charge in [0.15, 0.2) is 0 Å². The number of aryl methyl sites for hydroxylation is 1. The summed E-state index contributed by atoms with van der Waals surface area (Å²) in [6, 6.07) is 8.17. The number of ether oxygens (including phenoxy) is 1. The maximum absolute atomic E-state index is 12.4. The lowest BCUT2D eigenvalue weighted by atomic mass is 10.3. The second-order valence-corrected chi connectivity index (χ2v) is 7.70. The molecule has 2 rings (SSSR count). The minimum atomic E-state index is -3.67. The van der Waals surface area contributed by atoms with Gasteiger partial charge in [-0.05, 0) is 65.2 Å². The number of halogens is 1. The Labute approximate surface area is 145 Å². The summed E-state index contributed by atoms with van der Waals surface area (Å²) in [6.45, 7) is 4.51. The van der Waals surface area contributed by atoms with Crippen LogP contribution in [0.5, 0.6) is 5.75 Å². The molecule has 1 aromatic carbocycles. The number of nitrogens with zero attached hydrogens (tertiary/aromatic N) is 1. The molecule has 1 aromatic heterocycles. The predicted octanol–water partition coefficient (Wildman–Crippen LogP) is 4.13. The van der Waals surface area contributed by atoms with E-state index in [9.17, 15) is 8.42 Å². The normalized spacial score (nSPS) is 11.3. The van der Waals surface area contributed by atoms with Gasteiger partial charge in [-0.1, -0.05) is 13.3 Å². The first kappa shape index (κ1) is 17.7. The Bertz CT molecular complexity index is 761. The molecule has 1 N–H and O–H groups in total. The van der Waals surface area contributed by atoms with Crippen molar-refractivity contribution in [2.45, 2.75) is 31.6 Å². The zero-order valence-electron chi connectivity index (χ0n) is 13.0. The van der Waals surface area contributed by atoms with Gasteiger partial charge >= 0.3 is 0 Å². The molecule has 0 saturated carbocycles. The van der Waals surface area contributed by atoms with E-state index < -0.39 is 10.0 Å².